The summed E-state index contributed by atoms with van der Waals surface area (Å²) in [5.74, 6) is 1.15. The number of rotatable bonds is 6. The maximum Gasteiger partial charge on any atom is 0.255 e. The van der Waals surface area contributed by atoms with Crippen LogP contribution < -0.4 is 14.8 Å². The number of likely N-dealkylation sites (tertiary alicyclic amines) is 1. The molecule has 1 fully saturated rings. The van der Waals surface area contributed by atoms with Crippen LogP contribution in [0.15, 0.2) is 18.2 Å². The van der Waals surface area contributed by atoms with E-state index in [0.29, 0.717) is 36.0 Å². The number of nitrogens with one attached hydrogen (secondary N) is 2. The van der Waals surface area contributed by atoms with Gasteiger partial charge in [-0.1, -0.05) is 5.21 Å². The molecule has 1 aromatic heterocycles. The Balaban J connectivity index is 1.69. The van der Waals surface area contributed by atoms with Crippen molar-refractivity contribution >= 4 is 11.8 Å². The number of methoxy groups -OCH3 is 1. The van der Waals surface area contributed by atoms with Crippen LogP contribution >= 0.6 is 0 Å². The molecule has 144 valence electrons. The molecule has 1 aliphatic rings. The maximum atomic E-state index is 12.6. The first-order chi connectivity index (χ1) is 13.1. The van der Waals surface area contributed by atoms with Crippen molar-refractivity contribution in [2.24, 2.45) is 0 Å². The standard InChI is InChI=1S/C17H22N6O4/c1-11(24)23-7-5-12(6-8-23)27-15-4-3-13(26-2)9-14(15)17(25)18-10-16-19-21-22-20-16/h3-4,9,12H,5-8,10H2,1-2H3,(H,18,25)(H,19,20,21,22). The molecule has 1 saturated heterocycles. The van der Waals surface area contributed by atoms with Gasteiger partial charge in [-0.2, -0.15) is 5.21 Å². The Hall–Kier alpha value is -3.17. The SMILES string of the molecule is COc1ccc(OC2CCN(C(C)=O)CC2)c(C(=O)NCc2nn[nH]n2)c1. The van der Waals surface area contributed by atoms with Gasteiger partial charge in [0.2, 0.25) is 5.91 Å². The first-order valence-corrected chi connectivity index (χ1v) is 8.67. The number of hydrogen-bond donors (Lipinski definition) is 2. The van der Waals surface area contributed by atoms with Crippen molar-refractivity contribution in [1.29, 1.82) is 0 Å². The second-order valence-corrected chi connectivity index (χ2v) is 6.20. The predicted molar refractivity (Wildman–Crippen MR) is 94.2 cm³/mol. The lowest BCUT2D eigenvalue weighted by Gasteiger charge is -2.31. The van der Waals surface area contributed by atoms with Crippen LogP contribution in [-0.2, 0) is 11.3 Å². The highest BCUT2D eigenvalue weighted by Gasteiger charge is 2.24. The minimum Gasteiger partial charge on any atom is -0.497 e. The van der Waals surface area contributed by atoms with Crippen molar-refractivity contribution < 1.29 is 19.1 Å². The number of piperidine rings is 1. The number of carbonyl (C=O) groups is 2. The van der Waals surface area contributed by atoms with Crippen LogP contribution in [0, 0.1) is 0 Å². The zero-order chi connectivity index (χ0) is 19.2. The Morgan fingerprint density at radius 2 is 2.11 bits per heavy atom. The van der Waals surface area contributed by atoms with Gasteiger partial charge < -0.3 is 19.7 Å². The molecule has 2 N–H and O–H groups in total. The summed E-state index contributed by atoms with van der Waals surface area (Å²) < 4.78 is 11.3. The summed E-state index contributed by atoms with van der Waals surface area (Å²) in [7, 11) is 1.54. The highest BCUT2D eigenvalue weighted by atomic mass is 16.5. The van der Waals surface area contributed by atoms with Gasteiger partial charge in [0.1, 0.15) is 17.6 Å². The lowest BCUT2D eigenvalue weighted by atomic mass is 10.1. The number of hydrogen-bond acceptors (Lipinski definition) is 7. The quantitative estimate of drug-likeness (QED) is 0.756. The fraction of sp³-hybridized carbons (Fsp3) is 0.471. The highest BCUT2D eigenvalue weighted by molar-refractivity contribution is 5.97. The molecule has 10 nitrogen and oxygen atoms in total. The Labute approximate surface area is 156 Å². The first-order valence-electron chi connectivity index (χ1n) is 8.67. The van der Waals surface area contributed by atoms with E-state index in [4.69, 9.17) is 9.47 Å². The predicted octanol–water partition coefficient (Wildman–Crippen LogP) is 0.528. The number of tetrazole rings is 1. The fourth-order valence-electron chi connectivity index (χ4n) is 2.90. The fourth-order valence-corrected chi connectivity index (χ4v) is 2.90. The maximum absolute atomic E-state index is 12.6. The summed E-state index contributed by atoms with van der Waals surface area (Å²) in [4.78, 5) is 25.9. The van der Waals surface area contributed by atoms with E-state index in [1.807, 2.05) is 0 Å². The van der Waals surface area contributed by atoms with E-state index in [1.54, 1.807) is 30.0 Å². The zero-order valence-electron chi connectivity index (χ0n) is 15.3. The molecule has 2 amide bonds. The second kappa shape index (κ2) is 8.47. The number of ether oxygens (including phenoxy) is 2. The monoisotopic (exact) mass is 374 g/mol. The molecular weight excluding hydrogens is 352 g/mol. The molecule has 27 heavy (non-hydrogen) atoms. The molecule has 0 saturated carbocycles. The molecule has 10 heteroatoms. The van der Waals surface area contributed by atoms with Gasteiger partial charge in [-0.3, -0.25) is 9.59 Å². The van der Waals surface area contributed by atoms with E-state index in [1.165, 1.54) is 7.11 Å². The number of amides is 2. The van der Waals surface area contributed by atoms with Gasteiger partial charge in [0.25, 0.3) is 5.91 Å². The van der Waals surface area contributed by atoms with Crippen LogP contribution in [0.4, 0.5) is 0 Å². The van der Waals surface area contributed by atoms with Crippen LogP contribution in [-0.4, -0.2) is 63.6 Å². The third-order valence-corrected chi connectivity index (χ3v) is 4.41. The van der Waals surface area contributed by atoms with Crippen LogP contribution in [0.25, 0.3) is 0 Å². The van der Waals surface area contributed by atoms with E-state index in [-0.39, 0.29) is 24.5 Å². The average molecular weight is 374 g/mol. The summed E-state index contributed by atoms with van der Waals surface area (Å²) in [6.07, 6.45) is 1.38. The van der Waals surface area contributed by atoms with Gasteiger partial charge in [0.15, 0.2) is 5.82 Å². The van der Waals surface area contributed by atoms with Crippen LogP contribution in [0.3, 0.4) is 0 Å². The Kier molecular flexibility index (Phi) is 5.84. The molecule has 2 heterocycles. The molecule has 3 rings (SSSR count). The summed E-state index contributed by atoms with van der Waals surface area (Å²) >= 11 is 0. The minimum absolute atomic E-state index is 0.0576. The largest absolute Gasteiger partial charge is 0.497 e. The molecule has 1 aliphatic heterocycles. The first kappa shape index (κ1) is 18.6. The molecule has 0 spiro atoms. The topological polar surface area (TPSA) is 122 Å². The Morgan fingerprint density at radius 1 is 1.33 bits per heavy atom. The molecule has 0 radical (unpaired) electrons. The second-order valence-electron chi connectivity index (χ2n) is 6.20. The third-order valence-electron chi connectivity index (χ3n) is 4.41. The molecule has 1 aromatic carbocycles. The summed E-state index contributed by atoms with van der Waals surface area (Å²) in [6.45, 7) is 3.00. The van der Waals surface area contributed by atoms with Crippen molar-refractivity contribution in [2.45, 2.75) is 32.4 Å². The van der Waals surface area contributed by atoms with Crippen molar-refractivity contribution in [2.75, 3.05) is 20.2 Å². The zero-order valence-corrected chi connectivity index (χ0v) is 15.3. The number of nitrogens with zero attached hydrogens (tertiary/aromatic N) is 4. The van der Waals surface area contributed by atoms with E-state index < -0.39 is 0 Å². The Bertz CT molecular complexity index is 787. The van der Waals surface area contributed by atoms with E-state index >= 15 is 0 Å². The van der Waals surface area contributed by atoms with Gasteiger partial charge in [0.05, 0.1) is 19.2 Å². The van der Waals surface area contributed by atoms with Crippen LogP contribution in [0.2, 0.25) is 0 Å². The number of H-pyrrole nitrogens is 1. The Morgan fingerprint density at radius 3 is 2.74 bits per heavy atom. The summed E-state index contributed by atoms with van der Waals surface area (Å²) in [6, 6.07) is 5.10. The number of carbonyl (C=O) groups excluding carboxylic acids is 2. The van der Waals surface area contributed by atoms with E-state index in [0.717, 1.165) is 12.8 Å². The average Bonchev–Trinajstić information content (AvgIpc) is 3.20. The normalized spacial score (nSPS) is 14.7. The molecule has 2 aromatic rings. The van der Waals surface area contributed by atoms with Crippen molar-refractivity contribution in [3.05, 3.63) is 29.6 Å². The van der Waals surface area contributed by atoms with Crippen molar-refractivity contribution in [3.8, 4) is 11.5 Å². The number of aromatic amines is 1. The summed E-state index contributed by atoms with van der Waals surface area (Å²) in [5, 5.41) is 16.1. The number of benzene rings is 1. The van der Waals surface area contributed by atoms with Crippen LogP contribution in [0.1, 0.15) is 35.9 Å². The van der Waals surface area contributed by atoms with E-state index in [9.17, 15) is 9.59 Å². The van der Waals surface area contributed by atoms with Crippen LogP contribution in [0.5, 0.6) is 11.5 Å². The lowest BCUT2D eigenvalue weighted by Crippen LogP contribution is -2.40. The molecular formula is C17H22N6O4. The third kappa shape index (κ3) is 4.72. The van der Waals surface area contributed by atoms with Crippen molar-refractivity contribution in [1.82, 2.24) is 30.8 Å². The molecule has 0 atom stereocenters. The van der Waals surface area contributed by atoms with Gasteiger partial charge in [0, 0.05) is 32.9 Å². The molecule has 0 bridgehead atoms. The van der Waals surface area contributed by atoms with Gasteiger partial charge in [-0.15, -0.1) is 10.2 Å². The summed E-state index contributed by atoms with van der Waals surface area (Å²) in [5.41, 5.74) is 0.367. The molecule has 0 aliphatic carbocycles. The molecule has 0 unspecified atom stereocenters. The van der Waals surface area contributed by atoms with Gasteiger partial charge >= 0.3 is 0 Å². The van der Waals surface area contributed by atoms with E-state index in [2.05, 4.69) is 25.9 Å². The minimum atomic E-state index is -0.324. The lowest BCUT2D eigenvalue weighted by molar-refractivity contribution is -0.130. The smallest absolute Gasteiger partial charge is 0.255 e. The highest BCUT2D eigenvalue weighted by Crippen LogP contribution is 2.27. The van der Waals surface area contributed by atoms with Gasteiger partial charge in [-0.25, -0.2) is 0 Å². The number of aromatic nitrogens is 4. The van der Waals surface area contributed by atoms with Gasteiger partial charge in [-0.05, 0) is 18.2 Å². The van der Waals surface area contributed by atoms with Crippen molar-refractivity contribution in [3.63, 3.8) is 0 Å².